The summed E-state index contributed by atoms with van der Waals surface area (Å²) < 4.78 is 0. The number of nitrogens with zero attached hydrogens (tertiary/aromatic N) is 3. The molecule has 2 atom stereocenters. The van der Waals surface area contributed by atoms with Crippen LogP contribution < -0.4 is 31.1 Å². The van der Waals surface area contributed by atoms with Crippen LogP contribution in [0.5, 0.6) is 0 Å². The van der Waals surface area contributed by atoms with Crippen molar-refractivity contribution in [3.63, 3.8) is 0 Å². The van der Waals surface area contributed by atoms with Crippen LogP contribution in [-0.4, -0.2) is 12.3 Å². The number of para-hydroxylation sites is 2. The normalized spacial score (nSPS) is 19.5. The molecule has 8 aromatic carbocycles. The highest BCUT2D eigenvalue weighted by molar-refractivity contribution is 7.00. The summed E-state index contributed by atoms with van der Waals surface area (Å²) in [5.41, 5.74) is 21.5. The highest BCUT2D eigenvalue weighted by atomic mass is 15.3. The van der Waals surface area contributed by atoms with Crippen LogP contribution >= 0.6 is 0 Å². The van der Waals surface area contributed by atoms with Crippen LogP contribution in [0.25, 0.3) is 22.3 Å². The van der Waals surface area contributed by atoms with E-state index in [0.717, 1.165) is 12.1 Å². The molecular weight excluding hydrogens is 798 g/mol. The Hall–Kier alpha value is -6.78. The molecule has 4 heteroatoms. The quantitative estimate of drug-likeness (QED) is 0.160. The largest absolute Gasteiger partial charge is 0.334 e. The Bertz CT molecular complexity index is 3140. The molecule has 1 saturated carbocycles. The first-order chi connectivity index (χ1) is 32.1. The van der Waals surface area contributed by atoms with E-state index in [1.54, 1.807) is 0 Å². The summed E-state index contributed by atoms with van der Waals surface area (Å²) in [6, 6.07) is 71.2. The molecule has 0 bridgehead atoms. The maximum atomic E-state index is 2.82. The molecule has 12 rings (SSSR count). The Morgan fingerprint density at radius 1 is 0.424 bits per heavy atom. The zero-order valence-electron chi connectivity index (χ0n) is 39.1. The van der Waals surface area contributed by atoms with Gasteiger partial charge in [0.15, 0.2) is 0 Å². The summed E-state index contributed by atoms with van der Waals surface area (Å²) in [5, 5.41) is 0. The second kappa shape index (κ2) is 15.4. The molecule has 2 unspecified atom stereocenters. The van der Waals surface area contributed by atoms with E-state index < -0.39 is 0 Å². The minimum absolute atomic E-state index is 0.0241. The first kappa shape index (κ1) is 40.7. The van der Waals surface area contributed by atoms with Crippen molar-refractivity contribution in [3.8, 4) is 22.3 Å². The van der Waals surface area contributed by atoms with Gasteiger partial charge in [0, 0.05) is 50.9 Å². The van der Waals surface area contributed by atoms with Gasteiger partial charge in [-0.2, -0.15) is 0 Å². The lowest BCUT2D eigenvalue weighted by molar-refractivity contribution is 0.217. The molecule has 4 aliphatic rings. The van der Waals surface area contributed by atoms with Crippen molar-refractivity contribution in [3.05, 3.63) is 199 Å². The molecule has 3 heterocycles. The smallest absolute Gasteiger partial charge is 0.252 e. The van der Waals surface area contributed by atoms with Gasteiger partial charge in [0.25, 0.3) is 6.71 Å². The topological polar surface area (TPSA) is 9.72 Å². The van der Waals surface area contributed by atoms with Crippen molar-refractivity contribution in [2.45, 2.75) is 89.5 Å². The van der Waals surface area contributed by atoms with Crippen molar-refractivity contribution >= 4 is 68.6 Å². The lowest BCUT2D eigenvalue weighted by atomic mass is 9.33. The Morgan fingerprint density at radius 2 is 1.00 bits per heavy atom. The van der Waals surface area contributed by atoms with Crippen LogP contribution in [0.1, 0.15) is 84.3 Å². The molecule has 0 spiro atoms. The summed E-state index contributed by atoms with van der Waals surface area (Å²) in [5.74, 6) is 0. The first-order valence-corrected chi connectivity index (χ1v) is 24.3. The Kier molecular flexibility index (Phi) is 9.51. The number of benzene rings is 8. The number of rotatable bonds is 5. The van der Waals surface area contributed by atoms with Gasteiger partial charge in [-0.1, -0.05) is 187 Å². The van der Waals surface area contributed by atoms with E-state index >= 15 is 0 Å². The van der Waals surface area contributed by atoms with E-state index in [-0.39, 0.29) is 23.1 Å². The number of hydrogen-bond acceptors (Lipinski definition) is 3. The lowest BCUT2D eigenvalue weighted by Gasteiger charge is -2.50. The third-order valence-corrected chi connectivity index (χ3v) is 16.0. The van der Waals surface area contributed by atoms with E-state index in [9.17, 15) is 0 Å². The van der Waals surface area contributed by atoms with Crippen LogP contribution in [0.2, 0.25) is 0 Å². The monoisotopic (exact) mass is 855 g/mol. The molecule has 3 aliphatic heterocycles. The average molecular weight is 856 g/mol. The first-order valence-electron chi connectivity index (χ1n) is 24.3. The number of anilines is 8. The van der Waals surface area contributed by atoms with Crippen LogP contribution in [0.3, 0.4) is 0 Å². The van der Waals surface area contributed by atoms with E-state index in [1.165, 1.54) is 122 Å². The van der Waals surface area contributed by atoms with E-state index in [1.807, 2.05) is 0 Å². The molecule has 0 radical (unpaired) electrons. The van der Waals surface area contributed by atoms with Gasteiger partial charge in [0.2, 0.25) is 0 Å². The van der Waals surface area contributed by atoms with Gasteiger partial charge >= 0.3 is 0 Å². The van der Waals surface area contributed by atoms with Crippen LogP contribution in [0.15, 0.2) is 188 Å². The van der Waals surface area contributed by atoms with Gasteiger partial charge in [-0.15, -0.1) is 0 Å². The second-order valence-electron chi connectivity index (χ2n) is 20.8. The zero-order valence-corrected chi connectivity index (χ0v) is 39.1. The maximum absolute atomic E-state index is 2.82. The van der Waals surface area contributed by atoms with Crippen molar-refractivity contribution < 1.29 is 0 Å². The van der Waals surface area contributed by atoms with Crippen LogP contribution in [0, 0.1) is 0 Å². The molecule has 1 fully saturated rings. The highest BCUT2D eigenvalue weighted by Crippen LogP contribution is 2.61. The summed E-state index contributed by atoms with van der Waals surface area (Å²) in [7, 11) is 0. The predicted octanol–water partition coefficient (Wildman–Crippen LogP) is 14.9. The van der Waals surface area contributed by atoms with Gasteiger partial charge in [-0.3, -0.25) is 0 Å². The van der Waals surface area contributed by atoms with Crippen molar-refractivity contribution in [1.82, 2.24) is 0 Å². The third kappa shape index (κ3) is 6.24. The fourth-order valence-corrected chi connectivity index (χ4v) is 12.4. The Morgan fingerprint density at radius 3 is 1.70 bits per heavy atom. The highest BCUT2D eigenvalue weighted by Gasteiger charge is 2.57. The van der Waals surface area contributed by atoms with Crippen LogP contribution in [0.4, 0.5) is 45.5 Å². The van der Waals surface area contributed by atoms with Crippen LogP contribution in [-0.2, 0) is 10.8 Å². The summed E-state index contributed by atoms with van der Waals surface area (Å²) >= 11 is 0. The molecule has 0 saturated heterocycles. The SMILES string of the molecule is CC(C)(C)c1ccc2c(c1)C1(C)CCCCCCC1(C)N2c1cc2c3c(c1)N(c1cccc(-c4ccccc4)c1)c1cc(-c4ccccc4)ccc1B3c1ccccc1N2c1ccccc1. The lowest BCUT2D eigenvalue weighted by Crippen LogP contribution is -2.61. The van der Waals surface area contributed by atoms with Crippen molar-refractivity contribution in [1.29, 1.82) is 0 Å². The van der Waals surface area contributed by atoms with Gasteiger partial charge in [0.1, 0.15) is 0 Å². The minimum atomic E-state index is -0.151. The van der Waals surface area contributed by atoms with Crippen molar-refractivity contribution in [2.75, 3.05) is 14.7 Å². The summed E-state index contributed by atoms with van der Waals surface area (Å²) in [6.07, 6.45) is 7.37. The minimum Gasteiger partial charge on any atom is -0.334 e. The molecule has 8 aromatic rings. The molecule has 66 heavy (non-hydrogen) atoms. The summed E-state index contributed by atoms with van der Waals surface area (Å²) in [6.45, 7) is 12.3. The second-order valence-corrected chi connectivity index (χ2v) is 20.8. The fourth-order valence-electron chi connectivity index (χ4n) is 12.4. The standard InChI is InChI=1S/C62H58BN3/c1-60(2,3)47-33-35-54-51(40-47)61(4)36-19-6-7-20-37-62(61,5)66(54)50-41-57-59-58(42-50)65(49-29-21-26-45(38-49)43-22-11-8-12-23-43)56-39-46(44-24-13-9-14-25-44)32-34-53(56)63(59)52-30-17-18-31-55(52)64(57)48-27-15-10-16-28-48/h8-18,21-35,38-42H,6-7,19-20,36-37H2,1-5H3. The zero-order chi connectivity index (χ0) is 44.8. The third-order valence-electron chi connectivity index (χ3n) is 16.0. The molecule has 0 N–H and O–H groups in total. The molecule has 0 amide bonds. The molecule has 0 aromatic heterocycles. The van der Waals surface area contributed by atoms with E-state index in [0.29, 0.717) is 0 Å². The van der Waals surface area contributed by atoms with Gasteiger partial charge in [-0.05, 0) is 130 Å². The van der Waals surface area contributed by atoms with Gasteiger partial charge < -0.3 is 14.7 Å². The summed E-state index contributed by atoms with van der Waals surface area (Å²) in [4.78, 5) is 8.00. The molecular formula is C62H58BN3. The van der Waals surface area contributed by atoms with Gasteiger partial charge in [-0.25, -0.2) is 0 Å². The molecule has 324 valence electrons. The van der Waals surface area contributed by atoms with Crippen molar-refractivity contribution in [2.24, 2.45) is 0 Å². The number of hydrogen-bond donors (Lipinski definition) is 0. The average Bonchev–Trinajstić information content (AvgIpc) is 3.52. The molecule has 1 aliphatic carbocycles. The molecule has 3 nitrogen and oxygen atoms in total. The maximum Gasteiger partial charge on any atom is 0.252 e. The fraction of sp³-hybridized carbons (Fsp3) is 0.226. The van der Waals surface area contributed by atoms with E-state index in [4.69, 9.17) is 0 Å². The number of fused-ring (bicyclic) bond motifs is 7. The Balaban J connectivity index is 1.19. The van der Waals surface area contributed by atoms with E-state index in [2.05, 4.69) is 237 Å². The Labute approximate surface area is 392 Å². The van der Waals surface area contributed by atoms with Gasteiger partial charge in [0.05, 0.1) is 5.54 Å². The predicted molar refractivity (Wildman–Crippen MR) is 282 cm³/mol.